The molecule has 0 amide bonds. The summed E-state index contributed by atoms with van der Waals surface area (Å²) >= 11 is 0. The highest BCUT2D eigenvalue weighted by molar-refractivity contribution is 5.78. The molecule has 0 aromatic heterocycles. The van der Waals surface area contributed by atoms with E-state index >= 15 is 0 Å². The average molecular weight is 478 g/mol. The van der Waals surface area contributed by atoms with Crippen LogP contribution in [0.25, 0.3) is 0 Å². The molecule has 2 fully saturated rings. The van der Waals surface area contributed by atoms with Gasteiger partial charge >= 0.3 is 0 Å². The van der Waals surface area contributed by atoms with Gasteiger partial charge in [-0.1, -0.05) is 37.1 Å². The zero-order valence-corrected chi connectivity index (χ0v) is 22.6. The first-order valence-electron chi connectivity index (χ1n) is 14.2. The predicted octanol–water partition coefficient (Wildman–Crippen LogP) is 7.82. The molecule has 1 aromatic carbocycles. The van der Waals surface area contributed by atoms with Gasteiger partial charge < -0.3 is 10.5 Å². The third kappa shape index (κ3) is 5.93. The SMILES string of the molecule is COc1cccc([C@H]2C(CCC(=O)CCCC3CC=C4C(=C3C)CCC[C@@H]4C)CCC[C@H]2N)c1C. The van der Waals surface area contributed by atoms with Crippen LogP contribution in [0.1, 0.15) is 108 Å². The van der Waals surface area contributed by atoms with Crippen LogP contribution >= 0.6 is 0 Å². The van der Waals surface area contributed by atoms with Gasteiger partial charge in [0.05, 0.1) is 7.11 Å². The highest BCUT2D eigenvalue weighted by atomic mass is 16.5. The summed E-state index contributed by atoms with van der Waals surface area (Å²) in [6.07, 6.45) is 15.6. The number of hydrogen-bond acceptors (Lipinski definition) is 3. The number of rotatable bonds is 9. The summed E-state index contributed by atoms with van der Waals surface area (Å²) in [5, 5.41) is 0. The number of nitrogens with two attached hydrogens (primary N) is 1. The van der Waals surface area contributed by atoms with E-state index < -0.39 is 0 Å². The first kappa shape index (κ1) is 26.2. The summed E-state index contributed by atoms with van der Waals surface area (Å²) < 4.78 is 5.58. The summed E-state index contributed by atoms with van der Waals surface area (Å²) in [5.74, 6) is 3.55. The molecule has 0 aliphatic heterocycles. The minimum atomic E-state index is 0.164. The minimum Gasteiger partial charge on any atom is -0.496 e. The van der Waals surface area contributed by atoms with Crippen molar-refractivity contribution in [2.75, 3.05) is 7.11 Å². The maximum absolute atomic E-state index is 12.9. The highest BCUT2D eigenvalue weighted by Gasteiger charge is 2.34. The van der Waals surface area contributed by atoms with Gasteiger partial charge in [-0.15, -0.1) is 0 Å². The van der Waals surface area contributed by atoms with Crippen LogP contribution in [0.2, 0.25) is 0 Å². The lowest BCUT2D eigenvalue weighted by Gasteiger charge is -2.38. The molecule has 2 N–H and O–H groups in total. The summed E-state index contributed by atoms with van der Waals surface area (Å²) in [5.41, 5.74) is 14.1. The molecule has 192 valence electrons. The van der Waals surface area contributed by atoms with E-state index in [-0.39, 0.29) is 6.04 Å². The van der Waals surface area contributed by atoms with Crippen molar-refractivity contribution in [1.29, 1.82) is 0 Å². The Kier molecular flexibility index (Phi) is 8.92. The molecule has 0 radical (unpaired) electrons. The molecule has 2 unspecified atom stereocenters. The number of ketones is 1. The molecule has 3 nitrogen and oxygen atoms in total. The lowest BCUT2D eigenvalue weighted by atomic mass is 9.69. The minimum absolute atomic E-state index is 0.164. The molecule has 0 saturated heterocycles. The van der Waals surface area contributed by atoms with Gasteiger partial charge in [-0.25, -0.2) is 0 Å². The van der Waals surface area contributed by atoms with Gasteiger partial charge in [0, 0.05) is 24.8 Å². The van der Waals surface area contributed by atoms with Crippen LogP contribution in [0.3, 0.4) is 0 Å². The Labute approximate surface area is 213 Å². The normalized spacial score (nSPS) is 28.9. The van der Waals surface area contributed by atoms with E-state index in [0.29, 0.717) is 30.0 Å². The third-order valence-electron chi connectivity index (χ3n) is 9.44. The Balaban J connectivity index is 1.29. The van der Waals surface area contributed by atoms with Crippen LogP contribution in [0.4, 0.5) is 0 Å². The number of hydrogen-bond donors (Lipinski definition) is 1. The topological polar surface area (TPSA) is 52.3 Å². The number of ether oxygens (including phenoxy) is 1. The van der Waals surface area contributed by atoms with Crippen LogP contribution in [0.5, 0.6) is 5.75 Å². The maximum Gasteiger partial charge on any atom is 0.132 e. The smallest absolute Gasteiger partial charge is 0.132 e. The van der Waals surface area contributed by atoms with E-state index in [2.05, 4.69) is 39.0 Å². The van der Waals surface area contributed by atoms with Crippen molar-refractivity contribution >= 4 is 5.78 Å². The lowest BCUT2D eigenvalue weighted by molar-refractivity contribution is -0.119. The van der Waals surface area contributed by atoms with E-state index in [4.69, 9.17) is 10.5 Å². The standard InChI is InChI=1S/C32H47NO2/c1-21-9-5-13-28-22(2)24(18-20-27(21)28)10-6-12-26(34)19-17-25-11-7-15-30(33)32(25)29-14-8-16-31(35-4)23(29)3/h8,14,16,20-21,24-25,30,32H,5-7,9-13,15,17-19,33H2,1-4H3/t21-,24?,25?,30+,32+/m0/s1. The van der Waals surface area contributed by atoms with Crippen LogP contribution in [-0.4, -0.2) is 18.9 Å². The second-order valence-corrected chi connectivity index (χ2v) is 11.6. The first-order valence-corrected chi connectivity index (χ1v) is 14.2. The van der Waals surface area contributed by atoms with Crippen molar-refractivity contribution in [2.24, 2.45) is 23.5 Å². The number of fused-ring (bicyclic) bond motifs is 1. The molecule has 5 atom stereocenters. The maximum atomic E-state index is 12.9. The Hall–Kier alpha value is -1.87. The molecule has 3 aliphatic carbocycles. The van der Waals surface area contributed by atoms with Crippen LogP contribution in [0, 0.1) is 24.7 Å². The van der Waals surface area contributed by atoms with Gasteiger partial charge in [0.1, 0.15) is 11.5 Å². The average Bonchev–Trinajstić information content (AvgIpc) is 2.85. The molecule has 0 heterocycles. The van der Waals surface area contributed by atoms with E-state index in [1.807, 2.05) is 6.07 Å². The molecule has 4 rings (SSSR count). The van der Waals surface area contributed by atoms with Crippen molar-refractivity contribution in [3.05, 3.63) is 52.1 Å². The molecule has 0 bridgehead atoms. The van der Waals surface area contributed by atoms with E-state index in [9.17, 15) is 4.79 Å². The second-order valence-electron chi connectivity index (χ2n) is 11.6. The molecule has 0 spiro atoms. The van der Waals surface area contributed by atoms with Crippen molar-refractivity contribution < 1.29 is 9.53 Å². The lowest BCUT2D eigenvalue weighted by Crippen LogP contribution is -2.37. The van der Waals surface area contributed by atoms with E-state index in [0.717, 1.165) is 43.8 Å². The number of allylic oxidation sites excluding steroid dienone is 4. The van der Waals surface area contributed by atoms with Gasteiger partial charge in [0.25, 0.3) is 0 Å². The summed E-state index contributed by atoms with van der Waals surface area (Å²) in [6, 6.07) is 6.49. The van der Waals surface area contributed by atoms with Crippen LogP contribution in [0.15, 0.2) is 41.0 Å². The van der Waals surface area contributed by atoms with E-state index in [1.54, 1.807) is 23.8 Å². The Bertz CT molecular complexity index is 958. The molecule has 35 heavy (non-hydrogen) atoms. The van der Waals surface area contributed by atoms with Gasteiger partial charge in [0.15, 0.2) is 0 Å². The van der Waals surface area contributed by atoms with E-state index in [1.165, 1.54) is 49.7 Å². The Morgan fingerprint density at radius 3 is 2.71 bits per heavy atom. The fourth-order valence-electron chi connectivity index (χ4n) is 7.32. The molecule has 2 saturated carbocycles. The first-order chi connectivity index (χ1) is 16.9. The van der Waals surface area contributed by atoms with Crippen molar-refractivity contribution in [2.45, 2.75) is 110 Å². The molecule has 1 aromatic rings. The second kappa shape index (κ2) is 11.9. The number of benzene rings is 1. The van der Waals surface area contributed by atoms with Gasteiger partial charge in [-0.2, -0.15) is 0 Å². The predicted molar refractivity (Wildman–Crippen MR) is 146 cm³/mol. The van der Waals surface area contributed by atoms with Gasteiger partial charge in [-0.05, 0) is 118 Å². The van der Waals surface area contributed by atoms with Crippen molar-refractivity contribution in [1.82, 2.24) is 0 Å². The van der Waals surface area contributed by atoms with Gasteiger partial charge in [-0.3, -0.25) is 4.79 Å². The zero-order valence-electron chi connectivity index (χ0n) is 22.6. The molecular weight excluding hydrogens is 430 g/mol. The van der Waals surface area contributed by atoms with Gasteiger partial charge in [0.2, 0.25) is 0 Å². The fourth-order valence-corrected chi connectivity index (χ4v) is 7.32. The summed E-state index contributed by atoms with van der Waals surface area (Å²) in [4.78, 5) is 12.9. The fraction of sp³-hybridized carbons (Fsp3) is 0.656. The summed E-state index contributed by atoms with van der Waals surface area (Å²) in [7, 11) is 1.74. The van der Waals surface area contributed by atoms with Crippen molar-refractivity contribution in [3.63, 3.8) is 0 Å². The Morgan fingerprint density at radius 1 is 1.09 bits per heavy atom. The summed E-state index contributed by atoms with van der Waals surface area (Å²) in [6.45, 7) is 6.89. The molecular formula is C32H47NO2. The quantitative estimate of drug-likeness (QED) is 0.394. The number of carbonyl (C=O) groups is 1. The zero-order chi connectivity index (χ0) is 24.9. The highest BCUT2D eigenvalue weighted by Crippen LogP contribution is 2.44. The monoisotopic (exact) mass is 477 g/mol. The largest absolute Gasteiger partial charge is 0.496 e. The molecule has 3 heteroatoms. The number of carbonyl (C=O) groups excluding carboxylic acids is 1. The van der Waals surface area contributed by atoms with Crippen LogP contribution in [-0.2, 0) is 4.79 Å². The molecule has 3 aliphatic rings. The number of methoxy groups -OCH3 is 1. The number of Topliss-reactive ketones (excluding diaryl/α,β-unsaturated/α-hetero) is 1. The third-order valence-corrected chi connectivity index (χ3v) is 9.44. The van der Waals surface area contributed by atoms with Crippen LogP contribution < -0.4 is 10.5 Å². The Morgan fingerprint density at radius 2 is 1.91 bits per heavy atom. The van der Waals surface area contributed by atoms with Crippen molar-refractivity contribution in [3.8, 4) is 5.75 Å².